The lowest BCUT2D eigenvalue weighted by Crippen LogP contribution is -2.20. The van der Waals surface area contributed by atoms with E-state index in [1.54, 1.807) is 0 Å². The minimum Gasteiger partial charge on any atom is -0.0622 e. The highest BCUT2D eigenvalue weighted by Crippen LogP contribution is 2.33. The molecular weight excluding hydrogens is 399 g/mol. The van der Waals surface area contributed by atoms with Gasteiger partial charge in [0.2, 0.25) is 0 Å². The van der Waals surface area contributed by atoms with Crippen LogP contribution in [-0.4, -0.2) is 0 Å². The third-order valence-electron chi connectivity index (χ3n) is 4.33. The van der Waals surface area contributed by atoms with E-state index < -0.39 is 7.92 Å². The Morgan fingerprint density at radius 2 is 0.808 bits per heavy atom. The van der Waals surface area contributed by atoms with Gasteiger partial charge in [-0.25, -0.2) is 0 Å². The molecule has 0 saturated carbocycles. The summed E-state index contributed by atoms with van der Waals surface area (Å²) in [6, 6.07) is 39.1. The van der Waals surface area contributed by atoms with Gasteiger partial charge in [0.25, 0.3) is 0 Å². The Balaban J connectivity index is 1.73. The molecule has 0 aromatic heterocycles. The molecule has 0 amide bonds. The van der Waals surface area contributed by atoms with Gasteiger partial charge in [-0.15, -0.1) is 0 Å². The molecule has 126 valence electrons. The highest BCUT2D eigenvalue weighted by atomic mass is 79.9. The molecule has 0 spiro atoms. The van der Waals surface area contributed by atoms with Gasteiger partial charge in [-0.2, -0.15) is 0 Å². The summed E-state index contributed by atoms with van der Waals surface area (Å²) >= 11 is 3.50. The first-order chi connectivity index (χ1) is 12.8. The van der Waals surface area contributed by atoms with Crippen molar-refractivity contribution in [2.45, 2.75) is 0 Å². The summed E-state index contributed by atoms with van der Waals surface area (Å²) in [5.74, 6) is 0. The first-order valence-electron chi connectivity index (χ1n) is 8.57. The van der Waals surface area contributed by atoms with E-state index in [1.807, 2.05) is 0 Å². The Morgan fingerprint density at radius 3 is 1.27 bits per heavy atom. The van der Waals surface area contributed by atoms with Crippen molar-refractivity contribution < 1.29 is 0 Å². The molecule has 4 aromatic carbocycles. The van der Waals surface area contributed by atoms with Crippen molar-refractivity contribution in [1.29, 1.82) is 0 Å². The summed E-state index contributed by atoms with van der Waals surface area (Å²) < 4.78 is 1.11. The molecule has 0 radical (unpaired) electrons. The van der Waals surface area contributed by atoms with Crippen LogP contribution in [0.15, 0.2) is 114 Å². The number of rotatable bonds is 4. The summed E-state index contributed by atoms with van der Waals surface area (Å²) in [6.07, 6.45) is 0. The van der Waals surface area contributed by atoms with Crippen molar-refractivity contribution >= 4 is 39.8 Å². The summed E-state index contributed by atoms with van der Waals surface area (Å²) in [5, 5.41) is 4.13. The van der Waals surface area contributed by atoms with Crippen LogP contribution in [-0.2, 0) is 0 Å². The SMILES string of the molecule is Brc1ccc(-c2ccc(P(c3ccccc3)c3ccccc3)cc2)cc1. The first-order valence-corrected chi connectivity index (χ1v) is 10.7. The Morgan fingerprint density at radius 1 is 0.423 bits per heavy atom. The zero-order valence-electron chi connectivity index (χ0n) is 14.2. The lowest BCUT2D eigenvalue weighted by atomic mass is 10.1. The number of benzene rings is 4. The third kappa shape index (κ3) is 3.80. The maximum atomic E-state index is 3.50. The largest absolute Gasteiger partial charge is 0.0622 e. The zero-order chi connectivity index (χ0) is 17.8. The van der Waals surface area contributed by atoms with Crippen LogP contribution >= 0.6 is 23.9 Å². The van der Waals surface area contributed by atoms with Gasteiger partial charge in [-0.1, -0.05) is 113 Å². The molecule has 0 unspecified atom stereocenters. The number of halogens is 1. The van der Waals surface area contributed by atoms with Crippen molar-refractivity contribution in [1.82, 2.24) is 0 Å². The number of hydrogen-bond donors (Lipinski definition) is 0. The van der Waals surface area contributed by atoms with Crippen molar-refractivity contribution in [3.8, 4) is 11.1 Å². The molecule has 2 heteroatoms. The molecule has 4 rings (SSSR count). The Bertz CT molecular complexity index is 923. The highest BCUT2D eigenvalue weighted by molar-refractivity contribution is 9.10. The molecule has 0 aliphatic heterocycles. The van der Waals surface area contributed by atoms with Gasteiger partial charge >= 0.3 is 0 Å². The quantitative estimate of drug-likeness (QED) is 0.364. The molecule has 0 fully saturated rings. The summed E-state index contributed by atoms with van der Waals surface area (Å²) in [5.41, 5.74) is 2.49. The monoisotopic (exact) mass is 416 g/mol. The van der Waals surface area contributed by atoms with Crippen molar-refractivity contribution in [3.63, 3.8) is 0 Å². The van der Waals surface area contributed by atoms with Crippen molar-refractivity contribution in [2.75, 3.05) is 0 Å². The lowest BCUT2D eigenvalue weighted by molar-refractivity contribution is 1.60. The molecule has 0 aliphatic carbocycles. The average molecular weight is 417 g/mol. The van der Waals surface area contributed by atoms with Gasteiger partial charge in [0.1, 0.15) is 0 Å². The Hall–Kier alpha value is -2.21. The second-order valence-electron chi connectivity index (χ2n) is 6.06. The molecule has 4 aromatic rings. The van der Waals surface area contributed by atoms with Crippen LogP contribution < -0.4 is 15.9 Å². The third-order valence-corrected chi connectivity index (χ3v) is 7.30. The summed E-state index contributed by atoms with van der Waals surface area (Å²) in [6.45, 7) is 0. The predicted octanol–water partition coefficient (Wildman–Crippen LogP) is 5.87. The van der Waals surface area contributed by atoms with Gasteiger partial charge in [-0.05, 0) is 47.1 Å². The van der Waals surface area contributed by atoms with E-state index in [2.05, 4.69) is 125 Å². The fourth-order valence-corrected chi connectivity index (χ4v) is 5.59. The van der Waals surface area contributed by atoms with E-state index in [-0.39, 0.29) is 0 Å². The molecule has 26 heavy (non-hydrogen) atoms. The van der Waals surface area contributed by atoms with Crippen LogP contribution in [0.3, 0.4) is 0 Å². The van der Waals surface area contributed by atoms with E-state index in [0.717, 1.165) is 4.47 Å². The average Bonchev–Trinajstić information content (AvgIpc) is 2.71. The van der Waals surface area contributed by atoms with Gasteiger partial charge in [-0.3, -0.25) is 0 Å². The highest BCUT2D eigenvalue weighted by Gasteiger charge is 2.15. The number of hydrogen-bond acceptors (Lipinski definition) is 0. The second-order valence-corrected chi connectivity index (χ2v) is 9.20. The fraction of sp³-hybridized carbons (Fsp3) is 0. The smallest absolute Gasteiger partial charge is 0.0175 e. The maximum Gasteiger partial charge on any atom is 0.0175 e. The van der Waals surface area contributed by atoms with Crippen LogP contribution in [0.5, 0.6) is 0 Å². The van der Waals surface area contributed by atoms with E-state index >= 15 is 0 Å². The second kappa shape index (κ2) is 7.99. The fourth-order valence-electron chi connectivity index (χ4n) is 3.05. The normalized spacial score (nSPS) is 10.8. The van der Waals surface area contributed by atoms with Crippen LogP contribution in [0.4, 0.5) is 0 Å². The van der Waals surface area contributed by atoms with E-state index in [9.17, 15) is 0 Å². The van der Waals surface area contributed by atoms with Crippen LogP contribution in [0.1, 0.15) is 0 Å². The van der Waals surface area contributed by atoms with E-state index in [4.69, 9.17) is 0 Å². The molecule has 0 bridgehead atoms. The molecule has 0 aliphatic rings. The standard InChI is InChI=1S/C24H18BrP/c25-21-15-11-19(12-16-21)20-13-17-24(18-14-20)26(22-7-3-1-4-8-22)23-9-5-2-6-10-23/h1-18H. The van der Waals surface area contributed by atoms with Crippen LogP contribution in [0.2, 0.25) is 0 Å². The Labute approximate surface area is 164 Å². The van der Waals surface area contributed by atoms with Crippen LogP contribution in [0.25, 0.3) is 11.1 Å². The van der Waals surface area contributed by atoms with Gasteiger partial charge < -0.3 is 0 Å². The molecule has 0 nitrogen and oxygen atoms in total. The Kier molecular flexibility index (Phi) is 5.29. The van der Waals surface area contributed by atoms with Gasteiger partial charge in [0.15, 0.2) is 0 Å². The minimum absolute atomic E-state index is 0.540. The molecule has 0 saturated heterocycles. The first kappa shape index (κ1) is 17.2. The van der Waals surface area contributed by atoms with Gasteiger partial charge in [0, 0.05) is 4.47 Å². The van der Waals surface area contributed by atoms with Gasteiger partial charge in [0.05, 0.1) is 0 Å². The molecule has 0 N–H and O–H groups in total. The molecular formula is C24H18BrP. The summed E-state index contributed by atoms with van der Waals surface area (Å²) in [7, 11) is -0.540. The summed E-state index contributed by atoms with van der Waals surface area (Å²) in [4.78, 5) is 0. The lowest BCUT2D eigenvalue weighted by Gasteiger charge is -2.19. The van der Waals surface area contributed by atoms with E-state index in [1.165, 1.54) is 27.0 Å². The maximum absolute atomic E-state index is 3.50. The molecule has 0 atom stereocenters. The van der Waals surface area contributed by atoms with Crippen LogP contribution in [0, 0.1) is 0 Å². The molecule has 0 heterocycles. The minimum atomic E-state index is -0.540. The topological polar surface area (TPSA) is 0 Å². The van der Waals surface area contributed by atoms with Crippen molar-refractivity contribution in [3.05, 3.63) is 114 Å². The zero-order valence-corrected chi connectivity index (χ0v) is 16.7. The van der Waals surface area contributed by atoms with Crippen molar-refractivity contribution in [2.24, 2.45) is 0 Å². The van der Waals surface area contributed by atoms with E-state index in [0.29, 0.717) is 0 Å². The predicted molar refractivity (Wildman–Crippen MR) is 118 cm³/mol.